The van der Waals surface area contributed by atoms with Crippen LogP contribution in [0.4, 0.5) is 9.59 Å². The second-order valence-electron chi connectivity index (χ2n) is 19.3. The molecule has 0 aliphatic carbocycles. The molecule has 16 heteroatoms. The number of rotatable bonds is 16. The van der Waals surface area contributed by atoms with Crippen molar-refractivity contribution in [3.05, 3.63) is 132 Å². The number of carbonyl (C=O) groups is 4. The Morgan fingerprint density at radius 1 is 0.746 bits per heavy atom. The Hall–Kier alpha value is -7.62. The lowest BCUT2D eigenvalue weighted by atomic mass is 9.87. The Balaban J connectivity index is 0.916. The molecular weight excluding hydrogens is 901 g/mol. The van der Waals surface area contributed by atoms with Gasteiger partial charge in [0.05, 0.1) is 49.1 Å². The first kappa shape index (κ1) is 48.4. The predicted octanol–water partition coefficient (Wildman–Crippen LogP) is 9.81. The van der Waals surface area contributed by atoms with Crippen molar-refractivity contribution in [2.75, 3.05) is 26.3 Å². The Morgan fingerprint density at radius 2 is 1.27 bits per heavy atom. The predicted molar refractivity (Wildman–Crippen MR) is 268 cm³/mol. The Kier molecular flexibility index (Phi) is 14.4. The average molecular weight is 963 g/mol. The van der Waals surface area contributed by atoms with E-state index in [1.165, 1.54) is 0 Å². The van der Waals surface area contributed by atoms with Crippen LogP contribution in [-0.2, 0) is 32.3 Å². The van der Waals surface area contributed by atoms with Gasteiger partial charge in [0.15, 0.2) is 0 Å². The van der Waals surface area contributed by atoms with Gasteiger partial charge in [0.1, 0.15) is 48.4 Å². The summed E-state index contributed by atoms with van der Waals surface area (Å²) in [4.78, 5) is 74.4. The highest BCUT2D eigenvalue weighted by Crippen LogP contribution is 2.51. The molecule has 0 bridgehead atoms. The SMILES string of the molecule is C=C(/C=C\C=C/C)[C@@H](NC(=O)OCC(C)C)C(=O)N1CCC[C@H]1c1ncc(-c2cc3c4c(c2)OCc2cc(-c5cnc([C@@H]6CCCN6C(=O)[C@H](NC(=O)OCC(C)C)c6ccccc6)[nH]5)cc(c2-4)OC3)[nH]1. The molecule has 0 spiro atoms. The molecule has 3 aromatic carbocycles. The van der Waals surface area contributed by atoms with Gasteiger partial charge in [-0.25, -0.2) is 19.6 Å². The minimum absolute atomic E-state index is 0.138. The minimum atomic E-state index is -1.02. The van der Waals surface area contributed by atoms with Gasteiger partial charge in [0.25, 0.3) is 11.8 Å². The summed E-state index contributed by atoms with van der Waals surface area (Å²) in [6, 6.07) is 14.9. The third kappa shape index (κ3) is 10.5. The molecule has 0 unspecified atom stereocenters. The summed E-state index contributed by atoms with van der Waals surface area (Å²) in [6.45, 7) is 16.0. The van der Waals surface area contributed by atoms with Gasteiger partial charge in [-0.2, -0.15) is 0 Å². The van der Waals surface area contributed by atoms with Crippen LogP contribution in [0.25, 0.3) is 33.6 Å². The number of amides is 4. The zero-order chi connectivity index (χ0) is 49.8. The molecule has 2 saturated heterocycles. The average Bonchev–Trinajstić information content (AvgIpc) is 4.23. The first-order valence-corrected chi connectivity index (χ1v) is 24.6. The molecule has 71 heavy (non-hydrogen) atoms. The van der Waals surface area contributed by atoms with Crippen molar-refractivity contribution in [3.8, 4) is 45.1 Å². The maximum Gasteiger partial charge on any atom is 0.408 e. The van der Waals surface area contributed by atoms with Gasteiger partial charge < -0.3 is 49.3 Å². The fourth-order valence-electron chi connectivity index (χ4n) is 9.69. The number of carbonyl (C=O) groups excluding carboxylic acids is 4. The molecule has 4 atom stereocenters. The van der Waals surface area contributed by atoms with Crippen LogP contribution < -0.4 is 20.1 Å². The fraction of sp³-hybridized carbons (Fsp3) is 0.382. The van der Waals surface area contributed by atoms with Crippen LogP contribution in [0.5, 0.6) is 11.5 Å². The van der Waals surface area contributed by atoms with Gasteiger partial charge in [0, 0.05) is 46.5 Å². The Morgan fingerprint density at radius 3 is 1.79 bits per heavy atom. The number of imidazole rings is 2. The van der Waals surface area contributed by atoms with E-state index in [4.69, 9.17) is 28.9 Å². The number of allylic oxidation sites excluding steroid dienone is 3. The first-order valence-electron chi connectivity index (χ1n) is 24.6. The summed E-state index contributed by atoms with van der Waals surface area (Å²) in [7, 11) is 0. The van der Waals surface area contributed by atoms with Crippen LogP contribution in [0.1, 0.15) is 107 Å². The van der Waals surface area contributed by atoms with Crippen molar-refractivity contribution in [1.82, 2.24) is 40.4 Å². The first-order chi connectivity index (χ1) is 34.4. The van der Waals surface area contributed by atoms with Gasteiger partial charge in [0.2, 0.25) is 0 Å². The lowest BCUT2D eigenvalue weighted by molar-refractivity contribution is -0.135. The molecule has 2 fully saturated rings. The third-order valence-electron chi connectivity index (χ3n) is 13.1. The number of likely N-dealkylation sites (tertiary alicyclic amines) is 2. The van der Waals surface area contributed by atoms with E-state index in [1.807, 2.05) is 89.2 Å². The van der Waals surface area contributed by atoms with Crippen LogP contribution in [-0.4, -0.2) is 86.1 Å². The molecule has 4 N–H and O–H groups in total. The lowest BCUT2D eigenvalue weighted by Crippen LogP contribution is -2.49. The van der Waals surface area contributed by atoms with Crippen molar-refractivity contribution in [1.29, 1.82) is 0 Å². The van der Waals surface area contributed by atoms with E-state index in [0.29, 0.717) is 61.9 Å². The van der Waals surface area contributed by atoms with Crippen molar-refractivity contribution in [2.24, 2.45) is 11.8 Å². The van der Waals surface area contributed by atoms with Crippen LogP contribution in [0, 0.1) is 11.8 Å². The molecule has 16 nitrogen and oxygen atoms in total. The molecule has 6 heterocycles. The van der Waals surface area contributed by atoms with E-state index in [2.05, 4.69) is 39.3 Å². The van der Waals surface area contributed by atoms with Crippen molar-refractivity contribution < 1.29 is 38.1 Å². The zero-order valence-electron chi connectivity index (χ0n) is 41.0. The molecule has 370 valence electrons. The van der Waals surface area contributed by atoms with Crippen LogP contribution >= 0.6 is 0 Å². The zero-order valence-corrected chi connectivity index (χ0v) is 41.0. The summed E-state index contributed by atoms with van der Waals surface area (Å²) in [5, 5.41) is 5.59. The van der Waals surface area contributed by atoms with Crippen LogP contribution in [0.3, 0.4) is 0 Å². The number of benzene rings is 3. The third-order valence-corrected chi connectivity index (χ3v) is 13.1. The van der Waals surface area contributed by atoms with Gasteiger partial charge in [-0.1, -0.05) is 88.9 Å². The van der Waals surface area contributed by atoms with E-state index < -0.39 is 24.3 Å². The van der Waals surface area contributed by atoms with Gasteiger partial charge >= 0.3 is 12.2 Å². The molecule has 0 radical (unpaired) electrons. The van der Waals surface area contributed by atoms with Crippen molar-refractivity contribution in [3.63, 3.8) is 0 Å². The summed E-state index contributed by atoms with van der Waals surface area (Å²) < 4.78 is 23.8. The summed E-state index contributed by atoms with van der Waals surface area (Å²) in [6.07, 6.45) is 12.4. The molecule has 4 amide bonds. The number of hydrogen-bond acceptors (Lipinski definition) is 10. The number of ether oxygens (including phenoxy) is 4. The van der Waals surface area contributed by atoms with Gasteiger partial charge in [-0.3, -0.25) is 9.59 Å². The highest BCUT2D eigenvalue weighted by molar-refractivity contribution is 5.91. The van der Waals surface area contributed by atoms with Crippen LogP contribution in [0.15, 0.2) is 103 Å². The number of aromatic amines is 2. The summed E-state index contributed by atoms with van der Waals surface area (Å²) in [5.41, 5.74) is 8.35. The van der Waals surface area contributed by atoms with Crippen molar-refractivity contribution >= 4 is 24.0 Å². The number of H-pyrrole nitrogens is 2. The number of hydrogen-bond donors (Lipinski definition) is 4. The van der Waals surface area contributed by atoms with E-state index >= 15 is 0 Å². The monoisotopic (exact) mass is 962 g/mol. The van der Waals surface area contributed by atoms with E-state index in [9.17, 15) is 19.2 Å². The quantitative estimate of drug-likeness (QED) is 0.0692. The molecule has 0 saturated carbocycles. The van der Waals surface area contributed by atoms with Gasteiger partial charge in [-0.15, -0.1) is 0 Å². The highest BCUT2D eigenvalue weighted by atomic mass is 16.6. The minimum Gasteiger partial charge on any atom is -0.488 e. The van der Waals surface area contributed by atoms with E-state index in [0.717, 1.165) is 69.1 Å². The molecule has 2 aromatic heterocycles. The number of alkyl carbamates (subject to hydrolysis) is 2. The van der Waals surface area contributed by atoms with Crippen molar-refractivity contribution in [2.45, 2.75) is 97.7 Å². The molecule has 9 rings (SSSR count). The fourth-order valence-corrected chi connectivity index (χ4v) is 9.69. The smallest absolute Gasteiger partial charge is 0.408 e. The molecule has 5 aromatic rings. The van der Waals surface area contributed by atoms with E-state index in [1.54, 1.807) is 34.3 Å². The van der Waals surface area contributed by atoms with Gasteiger partial charge in [-0.05, 0) is 79.8 Å². The lowest BCUT2D eigenvalue weighted by Gasteiger charge is -2.30. The Bertz CT molecular complexity index is 2810. The number of nitrogens with zero attached hydrogens (tertiary/aromatic N) is 4. The molecule has 4 aliphatic heterocycles. The van der Waals surface area contributed by atoms with Crippen LogP contribution in [0.2, 0.25) is 0 Å². The molecular formula is C55H62N8O8. The second kappa shape index (κ2) is 21.2. The standard InChI is InChI=1S/C55H62N8O8/c1-7-8-10-15-34(6)48(60-54(66)70-28-32(2)3)52(64)62-20-13-18-42(62)50-56-26-40(58-50)36-22-38-30-69-45-25-37(23-39-31-68-44(24-36)46(38)47(39)45)41-27-57-51(59-41)43-19-14-21-63(43)53(65)49(35-16-11-9-12-17-35)61-55(67)71-29-33(4)5/h7-12,15-17,22-27,32-33,42-43,48-49H,6,13-14,18-21,28-31H2,1-5H3,(H,56,58)(H,57,59)(H,60,66)(H,61,67)/b8-7-,15-10-/t42-,43-,48+,49+/m0/s1. The maximum absolute atomic E-state index is 14.3. The maximum atomic E-state index is 14.3. The number of nitrogens with one attached hydrogen (secondary N) is 4. The topological polar surface area (TPSA) is 193 Å². The highest BCUT2D eigenvalue weighted by Gasteiger charge is 2.39. The Labute approximate surface area is 413 Å². The van der Waals surface area contributed by atoms with E-state index in [-0.39, 0.29) is 48.9 Å². The molecule has 4 aliphatic rings. The largest absolute Gasteiger partial charge is 0.488 e. The normalized spacial score (nSPS) is 17.8. The number of aromatic nitrogens is 4. The summed E-state index contributed by atoms with van der Waals surface area (Å²) in [5.74, 6) is 2.58. The second-order valence-corrected chi connectivity index (χ2v) is 19.3. The summed E-state index contributed by atoms with van der Waals surface area (Å²) >= 11 is 0.